The summed E-state index contributed by atoms with van der Waals surface area (Å²) >= 11 is 0. The Morgan fingerprint density at radius 1 is 0.551 bits per heavy atom. The number of aryl methyl sites for hydroxylation is 2. The molecule has 0 spiro atoms. The summed E-state index contributed by atoms with van der Waals surface area (Å²) in [5.41, 5.74) is 4.08. The number of amides is 2. The van der Waals surface area contributed by atoms with E-state index in [1.54, 1.807) is 0 Å². The van der Waals surface area contributed by atoms with Crippen molar-refractivity contribution in [1.29, 1.82) is 0 Å². The van der Waals surface area contributed by atoms with Gasteiger partial charge in [-0.25, -0.2) is 9.59 Å². The molecule has 2 fully saturated rings. The molecule has 0 bridgehead atoms. The van der Waals surface area contributed by atoms with Crippen LogP contribution in [0.25, 0.3) is 0 Å². The molecule has 0 radical (unpaired) electrons. The van der Waals surface area contributed by atoms with Crippen molar-refractivity contribution in [2.45, 2.75) is 186 Å². The Morgan fingerprint density at radius 2 is 0.918 bits per heavy atom. The Kier molecular flexibility index (Phi) is 15.8. The van der Waals surface area contributed by atoms with E-state index in [1.807, 2.05) is 24.3 Å². The molecular weight excluding hydrogens is 608 g/mol. The van der Waals surface area contributed by atoms with E-state index in [-0.39, 0.29) is 12.2 Å². The van der Waals surface area contributed by atoms with Crippen LogP contribution in [-0.2, 0) is 25.7 Å². The molecule has 0 heterocycles. The summed E-state index contributed by atoms with van der Waals surface area (Å²) in [5.74, 6) is 1.39. The molecule has 6 heteroatoms. The van der Waals surface area contributed by atoms with Gasteiger partial charge in [-0.05, 0) is 118 Å². The number of ether oxygens (including phenoxy) is 2. The fourth-order valence-electron chi connectivity index (χ4n) is 8.37. The lowest BCUT2D eigenvalue weighted by atomic mass is 9.68. The average molecular weight is 675 g/mol. The van der Waals surface area contributed by atoms with E-state index in [2.05, 4.69) is 50.5 Å². The Labute approximate surface area is 297 Å². The van der Waals surface area contributed by atoms with Crippen LogP contribution in [0.3, 0.4) is 0 Å². The topological polar surface area (TPSA) is 76.7 Å². The first-order valence-electron chi connectivity index (χ1n) is 20.1. The van der Waals surface area contributed by atoms with Crippen LogP contribution in [0.5, 0.6) is 11.5 Å². The third kappa shape index (κ3) is 11.5. The van der Waals surface area contributed by atoms with Crippen LogP contribution in [0.1, 0.15) is 172 Å². The van der Waals surface area contributed by atoms with Crippen LogP contribution in [0.4, 0.5) is 9.59 Å². The molecule has 2 aliphatic rings. The van der Waals surface area contributed by atoms with Gasteiger partial charge in [-0.1, -0.05) is 116 Å². The van der Waals surface area contributed by atoms with Crippen LogP contribution in [0.15, 0.2) is 36.4 Å². The second kappa shape index (κ2) is 20.0. The highest BCUT2D eigenvalue weighted by Crippen LogP contribution is 2.41. The van der Waals surface area contributed by atoms with Crippen LogP contribution in [0.2, 0.25) is 0 Å². The Morgan fingerprint density at radius 3 is 1.29 bits per heavy atom. The van der Waals surface area contributed by atoms with Crippen molar-refractivity contribution in [2.24, 2.45) is 0 Å². The third-order valence-corrected chi connectivity index (χ3v) is 11.1. The van der Waals surface area contributed by atoms with Gasteiger partial charge in [0, 0.05) is 11.1 Å². The number of benzene rings is 2. The minimum Gasteiger partial charge on any atom is -0.410 e. The van der Waals surface area contributed by atoms with Gasteiger partial charge < -0.3 is 20.1 Å². The molecule has 6 nitrogen and oxygen atoms in total. The number of carbonyl (C=O) groups excluding carboxylic acids is 2. The van der Waals surface area contributed by atoms with Crippen molar-refractivity contribution < 1.29 is 19.1 Å². The zero-order valence-electron chi connectivity index (χ0n) is 31.4. The summed E-state index contributed by atoms with van der Waals surface area (Å²) in [4.78, 5) is 27.7. The second-order valence-electron chi connectivity index (χ2n) is 15.1. The first kappa shape index (κ1) is 38.8. The lowest BCUT2D eigenvalue weighted by Crippen LogP contribution is -2.60. The van der Waals surface area contributed by atoms with Crippen molar-refractivity contribution in [1.82, 2.24) is 10.6 Å². The van der Waals surface area contributed by atoms with E-state index in [4.69, 9.17) is 9.47 Å². The first-order valence-corrected chi connectivity index (χ1v) is 20.1. The van der Waals surface area contributed by atoms with Gasteiger partial charge in [0.25, 0.3) is 0 Å². The van der Waals surface area contributed by atoms with Crippen LogP contribution in [0, 0.1) is 0 Å². The highest BCUT2D eigenvalue weighted by atomic mass is 16.6. The minimum atomic E-state index is -0.435. The smallest absolute Gasteiger partial charge is 0.410 e. The van der Waals surface area contributed by atoms with E-state index in [1.165, 1.54) is 22.3 Å². The van der Waals surface area contributed by atoms with E-state index in [0.717, 1.165) is 141 Å². The van der Waals surface area contributed by atoms with Crippen LogP contribution in [-0.4, -0.2) is 23.3 Å². The summed E-state index contributed by atoms with van der Waals surface area (Å²) in [5, 5.41) is 6.86. The van der Waals surface area contributed by atoms with Crippen molar-refractivity contribution in [3.05, 3.63) is 58.7 Å². The minimum absolute atomic E-state index is 0.370. The Hall–Kier alpha value is -3.02. The summed E-state index contributed by atoms with van der Waals surface area (Å²) < 4.78 is 12.4. The van der Waals surface area contributed by atoms with Crippen molar-refractivity contribution in [2.75, 3.05) is 0 Å². The van der Waals surface area contributed by atoms with Crippen LogP contribution < -0.4 is 20.1 Å². The summed E-state index contributed by atoms with van der Waals surface area (Å²) in [7, 11) is 0. The molecular formula is C43H66N2O4. The average Bonchev–Trinajstić information content (AvgIpc) is 3.09. The van der Waals surface area contributed by atoms with E-state index in [9.17, 15) is 9.59 Å². The van der Waals surface area contributed by atoms with Gasteiger partial charge >= 0.3 is 12.2 Å². The molecule has 0 saturated heterocycles. The molecule has 4 rings (SSSR count). The van der Waals surface area contributed by atoms with Crippen LogP contribution >= 0.6 is 0 Å². The highest BCUT2D eigenvalue weighted by Gasteiger charge is 2.45. The number of rotatable bonds is 18. The van der Waals surface area contributed by atoms with Gasteiger partial charge in [-0.3, -0.25) is 0 Å². The Bertz CT molecular complexity index is 1210. The van der Waals surface area contributed by atoms with Gasteiger partial charge in [0.1, 0.15) is 11.5 Å². The van der Waals surface area contributed by atoms with E-state index >= 15 is 0 Å². The maximum atomic E-state index is 13.8. The first-order chi connectivity index (χ1) is 23.9. The van der Waals surface area contributed by atoms with Crippen molar-refractivity contribution in [3.63, 3.8) is 0 Å². The fourth-order valence-corrected chi connectivity index (χ4v) is 8.37. The molecule has 2 aromatic carbocycles. The molecule has 0 aliphatic heterocycles. The number of carbonyl (C=O) groups is 2. The molecule has 49 heavy (non-hydrogen) atoms. The molecule has 0 unspecified atom stereocenters. The number of unbranched alkanes of at least 4 members (excludes halogenated alkanes) is 4. The summed E-state index contributed by atoms with van der Waals surface area (Å²) in [6, 6.07) is 12.4. The third-order valence-electron chi connectivity index (χ3n) is 11.1. The maximum Gasteiger partial charge on any atom is 0.413 e. The predicted molar refractivity (Wildman–Crippen MR) is 202 cm³/mol. The normalized spacial score (nSPS) is 16.9. The number of nitrogens with one attached hydrogen (secondary N) is 2. The van der Waals surface area contributed by atoms with Crippen molar-refractivity contribution in [3.8, 4) is 11.5 Å². The fraction of sp³-hybridized carbons (Fsp3) is 0.674. The molecule has 272 valence electrons. The molecule has 2 aromatic rings. The van der Waals surface area contributed by atoms with Gasteiger partial charge in [0.2, 0.25) is 0 Å². The lowest BCUT2D eigenvalue weighted by molar-refractivity contribution is 0.107. The van der Waals surface area contributed by atoms with E-state index < -0.39 is 11.1 Å². The second-order valence-corrected chi connectivity index (χ2v) is 15.1. The molecule has 2 saturated carbocycles. The number of hydrogen-bond donors (Lipinski definition) is 2. The SMILES string of the molecule is CCCCc1cccc(OC(=O)NC2(CC3(NC(=O)Oc4cccc(CCCC)c4CCCC)CCCCC3)CCCCC2)c1CCCC. The summed E-state index contributed by atoms with van der Waals surface area (Å²) in [6.07, 6.45) is 22.8. The molecule has 2 amide bonds. The van der Waals surface area contributed by atoms with Gasteiger partial charge in [-0.2, -0.15) is 0 Å². The predicted octanol–water partition coefficient (Wildman–Crippen LogP) is 11.7. The zero-order valence-corrected chi connectivity index (χ0v) is 31.4. The molecule has 2 N–H and O–H groups in total. The summed E-state index contributed by atoms with van der Waals surface area (Å²) in [6.45, 7) is 8.84. The molecule has 0 atom stereocenters. The van der Waals surface area contributed by atoms with Gasteiger partial charge in [-0.15, -0.1) is 0 Å². The standard InChI is InChI=1S/C43H66N2O4/c1-5-9-21-34-23-19-27-38(36(34)25-11-7-3)48-40(46)44-42(29-15-13-16-30-42)33-43(31-17-14-18-32-43)45-41(47)49-39-28-20-24-35(22-10-6-2)37(39)26-12-8-4/h19-20,23-24,27-28H,5-18,21-22,25-26,29-33H2,1-4H3,(H,44,46)(H,45,47). The maximum absolute atomic E-state index is 13.8. The Balaban J connectivity index is 1.54. The lowest BCUT2D eigenvalue weighted by Gasteiger charge is -2.47. The van der Waals surface area contributed by atoms with E-state index in [0.29, 0.717) is 17.9 Å². The van der Waals surface area contributed by atoms with Crippen molar-refractivity contribution >= 4 is 12.2 Å². The quantitative estimate of drug-likeness (QED) is 0.165. The molecule has 2 aliphatic carbocycles. The van der Waals surface area contributed by atoms with Gasteiger partial charge in [0.15, 0.2) is 0 Å². The highest BCUT2D eigenvalue weighted by molar-refractivity contribution is 5.73. The largest absolute Gasteiger partial charge is 0.413 e. The van der Waals surface area contributed by atoms with Gasteiger partial charge in [0.05, 0.1) is 0 Å². The monoisotopic (exact) mass is 675 g/mol. The zero-order chi connectivity index (χ0) is 35.0. The molecule has 0 aromatic heterocycles. The number of hydrogen-bond acceptors (Lipinski definition) is 4.